The molecule has 5 heteroatoms. The highest BCUT2D eigenvalue weighted by Gasteiger charge is 2.34. The molecular weight excluding hydrogens is 246 g/mol. The lowest BCUT2D eigenvalue weighted by Crippen LogP contribution is -2.45. The number of carbonyl (C=O) groups is 1. The van der Waals surface area contributed by atoms with Crippen molar-refractivity contribution in [1.29, 1.82) is 0 Å². The van der Waals surface area contributed by atoms with E-state index in [2.05, 4.69) is 29.5 Å². The van der Waals surface area contributed by atoms with Gasteiger partial charge in [0.15, 0.2) is 0 Å². The molecule has 1 aromatic heterocycles. The number of piperidine rings is 1. The van der Waals surface area contributed by atoms with Gasteiger partial charge in [0, 0.05) is 16.5 Å². The predicted molar refractivity (Wildman–Crippen MR) is 73.5 cm³/mol. The molecule has 0 atom stereocenters. The van der Waals surface area contributed by atoms with Gasteiger partial charge in [-0.2, -0.15) is 0 Å². The van der Waals surface area contributed by atoms with Gasteiger partial charge in [-0.05, 0) is 32.4 Å². The van der Waals surface area contributed by atoms with Gasteiger partial charge in [-0.25, -0.2) is 4.98 Å². The van der Waals surface area contributed by atoms with E-state index < -0.39 is 0 Å². The Bertz CT molecular complexity index is 410. The van der Waals surface area contributed by atoms with Crippen LogP contribution >= 0.6 is 11.3 Å². The van der Waals surface area contributed by atoms with Crippen molar-refractivity contribution in [2.75, 3.05) is 13.1 Å². The molecule has 1 aliphatic rings. The summed E-state index contributed by atoms with van der Waals surface area (Å²) in [6, 6.07) is 0. The molecule has 4 nitrogen and oxygen atoms in total. The lowest BCUT2D eigenvalue weighted by atomic mass is 9.80. The lowest BCUT2D eigenvalue weighted by Gasteiger charge is -2.32. The van der Waals surface area contributed by atoms with Gasteiger partial charge in [-0.15, -0.1) is 11.3 Å². The summed E-state index contributed by atoms with van der Waals surface area (Å²) >= 11 is 1.68. The first-order valence-electron chi connectivity index (χ1n) is 6.56. The zero-order chi connectivity index (χ0) is 13.0. The Morgan fingerprint density at radius 3 is 2.89 bits per heavy atom. The van der Waals surface area contributed by atoms with E-state index in [-0.39, 0.29) is 11.3 Å². The fraction of sp³-hybridized carbons (Fsp3) is 0.692. The van der Waals surface area contributed by atoms with Gasteiger partial charge < -0.3 is 10.6 Å². The minimum Gasteiger partial charge on any atom is -0.349 e. The molecular formula is C13H21N3OS. The summed E-state index contributed by atoms with van der Waals surface area (Å²) in [6.07, 6.45) is 4.74. The molecule has 1 aliphatic heterocycles. The summed E-state index contributed by atoms with van der Waals surface area (Å²) in [5.74, 6) is 0.164. The Morgan fingerprint density at radius 1 is 1.56 bits per heavy atom. The van der Waals surface area contributed by atoms with Crippen molar-refractivity contribution in [1.82, 2.24) is 15.6 Å². The van der Waals surface area contributed by atoms with Crippen LogP contribution < -0.4 is 10.6 Å². The highest BCUT2D eigenvalue weighted by atomic mass is 32.1. The fourth-order valence-corrected chi connectivity index (χ4v) is 2.97. The molecule has 1 fully saturated rings. The van der Waals surface area contributed by atoms with Crippen LogP contribution in [-0.2, 0) is 17.8 Å². The van der Waals surface area contributed by atoms with E-state index in [1.165, 1.54) is 4.88 Å². The Kier molecular flexibility index (Phi) is 4.35. The van der Waals surface area contributed by atoms with E-state index in [1.807, 2.05) is 6.20 Å². The van der Waals surface area contributed by atoms with Crippen LogP contribution in [0.2, 0.25) is 0 Å². The van der Waals surface area contributed by atoms with Crippen molar-refractivity contribution in [3.8, 4) is 0 Å². The molecule has 100 valence electrons. The zero-order valence-corrected chi connectivity index (χ0v) is 11.9. The highest BCUT2D eigenvalue weighted by molar-refractivity contribution is 7.11. The maximum Gasteiger partial charge on any atom is 0.226 e. The molecule has 1 aromatic rings. The molecule has 1 saturated heterocycles. The smallest absolute Gasteiger partial charge is 0.226 e. The van der Waals surface area contributed by atoms with Gasteiger partial charge in [0.25, 0.3) is 0 Å². The summed E-state index contributed by atoms with van der Waals surface area (Å²) in [6.45, 7) is 6.60. The summed E-state index contributed by atoms with van der Waals surface area (Å²) < 4.78 is 0. The molecule has 0 radical (unpaired) electrons. The van der Waals surface area contributed by atoms with Crippen LogP contribution in [0.1, 0.15) is 36.6 Å². The van der Waals surface area contributed by atoms with E-state index >= 15 is 0 Å². The Hall–Kier alpha value is -0.940. The number of hydrogen-bond donors (Lipinski definition) is 2. The molecule has 2 heterocycles. The molecule has 18 heavy (non-hydrogen) atoms. The maximum absolute atomic E-state index is 12.2. The van der Waals surface area contributed by atoms with Crippen LogP contribution in [0.25, 0.3) is 0 Å². The SMILES string of the molecule is CCc1cnc(CNC(=O)C2(C)CCNCC2)s1. The van der Waals surface area contributed by atoms with Gasteiger partial charge >= 0.3 is 0 Å². The third-order valence-corrected chi connectivity index (χ3v) is 4.75. The maximum atomic E-state index is 12.2. The van der Waals surface area contributed by atoms with Crippen molar-refractivity contribution in [3.63, 3.8) is 0 Å². The first kappa shape index (κ1) is 13.5. The average molecular weight is 267 g/mol. The van der Waals surface area contributed by atoms with E-state index in [0.29, 0.717) is 6.54 Å². The Balaban J connectivity index is 1.87. The van der Waals surface area contributed by atoms with Crippen LogP contribution in [-0.4, -0.2) is 24.0 Å². The molecule has 2 N–H and O–H groups in total. The van der Waals surface area contributed by atoms with Crippen molar-refractivity contribution < 1.29 is 4.79 Å². The summed E-state index contributed by atoms with van der Waals surface area (Å²) in [5, 5.41) is 7.31. The Labute approximate surface area is 112 Å². The number of aromatic nitrogens is 1. The molecule has 0 aromatic carbocycles. The number of amides is 1. The quantitative estimate of drug-likeness (QED) is 0.873. The fourth-order valence-electron chi connectivity index (χ4n) is 2.17. The van der Waals surface area contributed by atoms with Crippen molar-refractivity contribution in [2.45, 2.75) is 39.7 Å². The van der Waals surface area contributed by atoms with Gasteiger partial charge in [0.2, 0.25) is 5.91 Å². The summed E-state index contributed by atoms with van der Waals surface area (Å²) in [5.41, 5.74) is -0.212. The monoisotopic (exact) mass is 267 g/mol. The van der Waals surface area contributed by atoms with Crippen molar-refractivity contribution in [3.05, 3.63) is 16.1 Å². The molecule has 2 rings (SSSR count). The van der Waals surface area contributed by atoms with E-state index in [4.69, 9.17) is 0 Å². The minimum atomic E-state index is -0.212. The number of thiazole rings is 1. The van der Waals surface area contributed by atoms with Gasteiger partial charge in [-0.1, -0.05) is 13.8 Å². The predicted octanol–water partition coefficient (Wildman–Crippen LogP) is 1.71. The number of aryl methyl sites for hydroxylation is 1. The van der Waals surface area contributed by atoms with Gasteiger partial charge in [0.05, 0.1) is 6.54 Å². The average Bonchev–Trinajstić information content (AvgIpc) is 2.84. The van der Waals surface area contributed by atoms with Crippen LogP contribution in [0.4, 0.5) is 0 Å². The summed E-state index contributed by atoms with van der Waals surface area (Å²) in [4.78, 5) is 17.8. The van der Waals surface area contributed by atoms with E-state index in [0.717, 1.165) is 37.4 Å². The van der Waals surface area contributed by atoms with Gasteiger partial charge in [0.1, 0.15) is 5.01 Å². The van der Waals surface area contributed by atoms with Gasteiger partial charge in [-0.3, -0.25) is 4.79 Å². The largest absolute Gasteiger partial charge is 0.349 e. The minimum absolute atomic E-state index is 0.164. The molecule has 0 bridgehead atoms. The van der Waals surface area contributed by atoms with Crippen LogP contribution in [0, 0.1) is 5.41 Å². The number of nitrogens with one attached hydrogen (secondary N) is 2. The second-order valence-electron chi connectivity index (χ2n) is 5.07. The molecule has 0 unspecified atom stereocenters. The normalized spacial score (nSPS) is 18.6. The number of nitrogens with zero attached hydrogens (tertiary/aromatic N) is 1. The van der Waals surface area contributed by atoms with E-state index in [1.54, 1.807) is 11.3 Å². The summed E-state index contributed by atoms with van der Waals surface area (Å²) in [7, 11) is 0. The topological polar surface area (TPSA) is 54.0 Å². The second kappa shape index (κ2) is 5.80. The number of hydrogen-bond acceptors (Lipinski definition) is 4. The first-order chi connectivity index (χ1) is 8.64. The first-order valence-corrected chi connectivity index (χ1v) is 7.38. The van der Waals surface area contributed by atoms with E-state index in [9.17, 15) is 4.79 Å². The number of rotatable bonds is 4. The van der Waals surface area contributed by atoms with Crippen molar-refractivity contribution >= 4 is 17.2 Å². The van der Waals surface area contributed by atoms with Crippen LogP contribution in [0.3, 0.4) is 0 Å². The number of carbonyl (C=O) groups excluding carboxylic acids is 1. The lowest BCUT2D eigenvalue weighted by molar-refractivity contribution is -0.131. The molecule has 0 saturated carbocycles. The second-order valence-corrected chi connectivity index (χ2v) is 6.27. The molecule has 1 amide bonds. The highest BCUT2D eigenvalue weighted by Crippen LogP contribution is 2.28. The standard InChI is InChI=1S/C13H21N3OS/c1-3-10-8-15-11(18-10)9-16-12(17)13(2)4-6-14-7-5-13/h8,14H,3-7,9H2,1-2H3,(H,16,17). The molecule has 0 spiro atoms. The molecule has 0 aliphatic carbocycles. The Morgan fingerprint density at radius 2 is 2.28 bits per heavy atom. The van der Waals surface area contributed by atoms with Crippen LogP contribution in [0.15, 0.2) is 6.20 Å². The third-order valence-electron chi connectivity index (χ3n) is 3.61. The van der Waals surface area contributed by atoms with Crippen molar-refractivity contribution in [2.24, 2.45) is 5.41 Å². The third kappa shape index (κ3) is 3.09. The van der Waals surface area contributed by atoms with Crippen LogP contribution in [0.5, 0.6) is 0 Å². The zero-order valence-electron chi connectivity index (χ0n) is 11.1.